The van der Waals surface area contributed by atoms with E-state index < -0.39 is 23.4 Å². The van der Waals surface area contributed by atoms with Crippen LogP contribution in [-0.4, -0.2) is 23.4 Å². The molecule has 1 rings (SSSR count). The Bertz CT molecular complexity index is 574. The number of anilines is 1. The lowest BCUT2D eigenvalue weighted by atomic mass is 10.2. The maximum Gasteiger partial charge on any atom is 0.425 e. The molecule has 0 radical (unpaired) electrons. The number of hydrogen-bond acceptors (Lipinski definition) is 6. The Morgan fingerprint density at radius 2 is 1.50 bits per heavy atom. The number of hydrogen-bond donors (Lipinski definition) is 0. The normalized spacial score (nSPS) is 11.5. The number of rotatable bonds is 1. The number of nitriles is 1. The Morgan fingerprint density at radius 3 is 1.82 bits per heavy atom. The predicted octanol–water partition coefficient (Wildman–Crippen LogP) is 4.30. The third kappa shape index (κ3) is 5.37. The number of thiophene rings is 1. The molecule has 0 bridgehead atoms. The smallest absolute Gasteiger partial charge is 0.425 e. The zero-order chi connectivity index (χ0) is 17.1. The molecule has 2 amide bonds. The summed E-state index contributed by atoms with van der Waals surface area (Å²) < 4.78 is 10.5. The second-order valence-electron chi connectivity index (χ2n) is 6.55. The third-order valence-electron chi connectivity index (χ3n) is 2.07. The Balaban J connectivity index is 3.13. The van der Waals surface area contributed by atoms with Crippen LogP contribution < -0.4 is 4.90 Å². The van der Waals surface area contributed by atoms with Crippen molar-refractivity contribution in [2.24, 2.45) is 0 Å². The molecule has 0 aliphatic rings. The first kappa shape index (κ1) is 18.0. The lowest BCUT2D eigenvalue weighted by Crippen LogP contribution is -2.43. The van der Waals surface area contributed by atoms with Gasteiger partial charge in [-0.2, -0.15) is 10.2 Å². The van der Waals surface area contributed by atoms with Gasteiger partial charge in [0.2, 0.25) is 0 Å². The van der Waals surface area contributed by atoms with E-state index in [1.165, 1.54) is 12.1 Å². The Labute approximate surface area is 134 Å². The van der Waals surface area contributed by atoms with Gasteiger partial charge in [-0.15, -0.1) is 11.3 Å². The van der Waals surface area contributed by atoms with Gasteiger partial charge in [0.1, 0.15) is 27.1 Å². The van der Waals surface area contributed by atoms with Gasteiger partial charge < -0.3 is 9.47 Å². The summed E-state index contributed by atoms with van der Waals surface area (Å²) in [5.41, 5.74) is -1.51. The third-order valence-corrected chi connectivity index (χ3v) is 3.05. The number of imide groups is 1. The molecule has 120 valence electrons. The molecule has 22 heavy (non-hydrogen) atoms. The zero-order valence-corrected chi connectivity index (χ0v) is 14.4. The first-order valence-corrected chi connectivity index (χ1v) is 7.50. The monoisotopic (exact) mass is 324 g/mol. The highest BCUT2D eigenvalue weighted by Crippen LogP contribution is 2.28. The van der Waals surface area contributed by atoms with E-state index in [0.29, 0.717) is 4.88 Å². The summed E-state index contributed by atoms with van der Waals surface area (Å²) in [7, 11) is 0. The second-order valence-corrected chi connectivity index (χ2v) is 7.61. The van der Waals surface area contributed by atoms with Crippen molar-refractivity contribution < 1.29 is 19.1 Å². The van der Waals surface area contributed by atoms with Crippen molar-refractivity contribution in [1.82, 2.24) is 0 Å². The van der Waals surface area contributed by atoms with E-state index in [2.05, 4.69) is 0 Å². The number of ether oxygens (including phenoxy) is 2. The van der Waals surface area contributed by atoms with Gasteiger partial charge in [0.15, 0.2) is 0 Å². The van der Waals surface area contributed by atoms with Crippen LogP contribution in [-0.2, 0) is 9.47 Å². The Kier molecular flexibility index (Phi) is 5.20. The minimum atomic E-state index is -0.840. The molecule has 0 saturated carbocycles. The average molecular weight is 324 g/mol. The summed E-state index contributed by atoms with van der Waals surface area (Å²) in [6.45, 7) is 10.2. The molecule has 6 nitrogen and oxygen atoms in total. The highest BCUT2D eigenvalue weighted by atomic mass is 32.1. The van der Waals surface area contributed by atoms with Crippen molar-refractivity contribution in [3.63, 3.8) is 0 Å². The molecule has 7 heteroatoms. The molecule has 0 aliphatic carbocycles. The Morgan fingerprint density at radius 1 is 1.05 bits per heavy atom. The molecule has 0 fully saturated rings. The fourth-order valence-electron chi connectivity index (χ4n) is 1.38. The molecule has 0 aromatic carbocycles. The molecular formula is C15H20N2O4S. The summed E-state index contributed by atoms with van der Waals surface area (Å²) in [5.74, 6) is 0. The van der Waals surface area contributed by atoms with E-state index in [9.17, 15) is 9.59 Å². The van der Waals surface area contributed by atoms with E-state index in [1.807, 2.05) is 6.07 Å². The number of nitrogens with zero attached hydrogens (tertiary/aromatic N) is 2. The van der Waals surface area contributed by atoms with Gasteiger partial charge in [0, 0.05) is 0 Å². The number of carbonyl (C=O) groups is 2. The molecule has 0 spiro atoms. The second kappa shape index (κ2) is 6.36. The van der Waals surface area contributed by atoms with Crippen LogP contribution >= 0.6 is 11.3 Å². The topological polar surface area (TPSA) is 79.6 Å². The van der Waals surface area contributed by atoms with Crippen molar-refractivity contribution in [3.8, 4) is 6.07 Å². The molecule has 0 aliphatic heterocycles. The van der Waals surface area contributed by atoms with Crippen LogP contribution in [0.3, 0.4) is 0 Å². The Hall–Kier alpha value is -2.07. The average Bonchev–Trinajstić information content (AvgIpc) is 2.72. The van der Waals surface area contributed by atoms with Crippen LogP contribution in [0, 0.1) is 11.3 Å². The van der Waals surface area contributed by atoms with E-state index in [4.69, 9.17) is 14.7 Å². The van der Waals surface area contributed by atoms with Gasteiger partial charge in [0.05, 0.1) is 0 Å². The first-order valence-electron chi connectivity index (χ1n) is 6.69. The fourth-order valence-corrected chi connectivity index (χ4v) is 2.16. The highest BCUT2D eigenvalue weighted by Gasteiger charge is 2.33. The van der Waals surface area contributed by atoms with Crippen molar-refractivity contribution in [2.75, 3.05) is 4.90 Å². The number of carbonyl (C=O) groups excluding carboxylic acids is 2. The molecular weight excluding hydrogens is 304 g/mol. The summed E-state index contributed by atoms with van der Waals surface area (Å²) in [4.78, 5) is 25.8. The van der Waals surface area contributed by atoms with Crippen LogP contribution in [0.1, 0.15) is 46.4 Å². The quantitative estimate of drug-likeness (QED) is 0.769. The minimum Gasteiger partial charge on any atom is -0.443 e. The first-order chi connectivity index (χ1) is 9.93. The molecule has 0 atom stereocenters. The van der Waals surface area contributed by atoms with Crippen LogP contribution in [0.15, 0.2) is 12.1 Å². The lowest BCUT2D eigenvalue weighted by molar-refractivity contribution is 0.0432. The van der Waals surface area contributed by atoms with Crippen molar-refractivity contribution in [1.29, 1.82) is 5.26 Å². The molecule has 1 aromatic heterocycles. The fraction of sp³-hybridized carbons (Fsp3) is 0.533. The van der Waals surface area contributed by atoms with Crippen LogP contribution in [0.25, 0.3) is 0 Å². The number of amides is 2. The lowest BCUT2D eigenvalue weighted by Gasteiger charge is -2.27. The van der Waals surface area contributed by atoms with Gasteiger partial charge >= 0.3 is 12.2 Å². The molecule has 0 N–H and O–H groups in total. The van der Waals surface area contributed by atoms with Gasteiger partial charge in [-0.25, -0.2) is 9.59 Å². The van der Waals surface area contributed by atoms with Crippen molar-refractivity contribution in [3.05, 3.63) is 17.0 Å². The summed E-state index contributed by atoms with van der Waals surface area (Å²) in [5, 5.41) is 9.17. The van der Waals surface area contributed by atoms with Crippen LogP contribution in [0.4, 0.5) is 14.6 Å². The summed E-state index contributed by atoms with van der Waals surface area (Å²) in [6, 6.07) is 5.00. The largest absolute Gasteiger partial charge is 0.443 e. The maximum absolute atomic E-state index is 12.3. The molecule has 1 aromatic rings. The SMILES string of the molecule is CC(C)(C)OC(=O)N(C(=O)OC(C)(C)C)c1ccc(C#N)s1. The van der Waals surface area contributed by atoms with Crippen LogP contribution in [0.2, 0.25) is 0 Å². The zero-order valence-electron chi connectivity index (χ0n) is 13.6. The summed E-state index contributed by atoms with van der Waals surface area (Å²) >= 11 is 1.01. The van der Waals surface area contributed by atoms with Gasteiger partial charge in [0.25, 0.3) is 0 Å². The van der Waals surface area contributed by atoms with Crippen molar-refractivity contribution >= 4 is 28.5 Å². The van der Waals surface area contributed by atoms with E-state index in [1.54, 1.807) is 41.5 Å². The van der Waals surface area contributed by atoms with Gasteiger partial charge in [-0.05, 0) is 53.7 Å². The van der Waals surface area contributed by atoms with E-state index >= 15 is 0 Å². The molecule has 1 heterocycles. The standard InChI is InChI=1S/C15H20N2O4S/c1-14(2,3)20-12(18)17(13(19)21-15(4,5)6)11-8-7-10(9-16)22-11/h7-8H,1-6H3. The maximum atomic E-state index is 12.3. The van der Waals surface area contributed by atoms with E-state index in [-0.39, 0.29) is 5.00 Å². The highest BCUT2D eigenvalue weighted by molar-refractivity contribution is 7.17. The predicted molar refractivity (Wildman–Crippen MR) is 84.0 cm³/mol. The minimum absolute atomic E-state index is 0.278. The van der Waals surface area contributed by atoms with Crippen molar-refractivity contribution in [2.45, 2.75) is 52.7 Å². The van der Waals surface area contributed by atoms with Gasteiger partial charge in [-0.3, -0.25) is 0 Å². The molecule has 0 saturated heterocycles. The molecule has 0 unspecified atom stereocenters. The van der Waals surface area contributed by atoms with E-state index in [0.717, 1.165) is 16.2 Å². The van der Waals surface area contributed by atoms with Crippen LogP contribution in [0.5, 0.6) is 0 Å². The van der Waals surface area contributed by atoms with Gasteiger partial charge in [-0.1, -0.05) is 0 Å². The summed E-state index contributed by atoms with van der Waals surface area (Å²) in [6.07, 6.45) is -1.68.